The Labute approximate surface area is 117 Å². The molecule has 0 atom stereocenters. The molecule has 0 aliphatic heterocycles. The van der Waals surface area contributed by atoms with Crippen LogP contribution >= 0.6 is 23.1 Å². The van der Waals surface area contributed by atoms with Crippen LogP contribution in [0.3, 0.4) is 0 Å². The van der Waals surface area contributed by atoms with Crippen molar-refractivity contribution in [3.8, 4) is 11.5 Å². The van der Waals surface area contributed by atoms with E-state index in [1.54, 1.807) is 29.3 Å². The summed E-state index contributed by atoms with van der Waals surface area (Å²) in [7, 11) is 0. The number of hydrogen-bond donors (Lipinski definition) is 1. The summed E-state index contributed by atoms with van der Waals surface area (Å²) in [5.74, 6) is 1.83. The lowest BCUT2D eigenvalue weighted by Gasteiger charge is -1.97. The lowest BCUT2D eigenvalue weighted by molar-refractivity contribution is 0.425. The molecule has 3 aromatic heterocycles. The van der Waals surface area contributed by atoms with Crippen LogP contribution in [-0.2, 0) is 5.75 Å². The van der Waals surface area contributed by atoms with E-state index in [1.165, 1.54) is 0 Å². The van der Waals surface area contributed by atoms with Gasteiger partial charge >= 0.3 is 0 Å². The smallest absolute Gasteiger partial charge is 0.258 e. The van der Waals surface area contributed by atoms with Crippen molar-refractivity contribution in [2.75, 3.05) is 5.73 Å². The molecule has 3 rings (SSSR count). The standard InChI is InChI=1S/C12H10N4OS2/c13-9-1-2-11(14-5-9)19-7-10-15-12(17-16-10)8-3-4-18-6-8/h1-6H,7,13H2. The third-order valence-corrected chi connectivity index (χ3v) is 3.97. The molecule has 0 aliphatic carbocycles. The van der Waals surface area contributed by atoms with Crippen molar-refractivity contribution in [3.63, 3.8) is 0 Å². The summed E-state index contributed by atoms with van der Waals surface area (Å²) in [5.41, 5.74) is 7.19. The highest BCUT2D eigenvalue weighted by atomic mass is 32.2. The molecule has 3 heterocycles. The minimum absolute atomic E-state index is 0.558. The molecule has 0 saturated heterocycles. The van der Waals surface area contributed by atoms with Crippen molar-refractivity contribution >= 4 is 28.8 Å². The molecule has 0 radical (unpaired) electrons. The van der Waals surface area contributed by atoms with Gasteiger partial charge in [-0.2, -0.15) is 16.3 Å². The van der Waals surface area contributed by atoms with E-state index in [4.69, 9.17) is 10.3 Å². The first-order chi connectivity index (χ1) is 9.31. The number of hydrogen-bond acceptors (Lipinski definition) is 7. The van der Waals surface area contributed by atoms with Crippen molar-refractivity contribution in [2.24, 2.45) is 0 Å². The Kier molecular flexibility index (Phi) is 3.47. The second-order valence-electron chi connectivity index (χ2n) is 3.75. The number of anilines is 1. The maximum absolute atomic E-state index is 5.58. The van der Waals surface area contributed by atoms with Crippen LogP contribution in [-0.4, -0.2) is 15.1 Å². The fourth-order valence-electron chi connectivity index (χ4n) is 1.43. The van der Waals surface area contributed by atoms with Crippen LogP contribution in [0, 0.1) is 0 Å². The van der Waals surface area contributed by atoms with E-state index in [0.717, 1.165) is 10.6 Å². The average molecular weight is 290 g/mol. The molecule has 0 saturated carbocycles. The molecule has 19 heavy (non-hydrogen) atoms. The predicted octanol–water partition coefficient (Wildman–Crippen LogP) is 3.07. The second kappa shape index (κ2) is 5.41. The Morgan fingerprint density at radius 3 is 3.00 bits per heavy atom. The van der Waals surface area contributed by atoms with Crippen LogP contribution in [0.15, 0.2) is 44.7 Å². The minimum Gasteiger partial charge on any atom is -0.397 e. The summed E-state index contributed by atoms with van der Waals surface area (Å²) in [6.45, 7) is 0. The van der Waals surface area contributed by atoms with Gasteiger partial charge in [0.15, 0.2) is 5.82 Å². The number of thioether (sulfide) groups is 1. The van der Waals surface area contributed by atoms with Gasteiger partial charge in [0.2, 0.25) is 0 Å². The van der Waals surface area contributed by atoms with Crippen LogP contribution in [0.1, 0.15) is 5.82 Å². The zero-order valence-corrected chi connectivity index (χ0v) is 11.4. The first kappa shape index (κ1) is 12.2. The van der Waals surface area contributed by atoms with Crippen LogP contribution in [0.4, 0.5) is 5.69 Å². The minimum atomic E-state index is 0.558. The number of thiophene rings is 1. The largest absolute Gasteiger partial charge is 0.397 e. The van der Waals surface area contributed by atoms with E-state index < -0.39 is 0 Å². The molecule has 0 bridgehead atoms. The summed E-state index contributed by atoms with van der Waals surface area (Å²) < 4.78 is 5.21. The van der Waals surface area contributed by atoms with Gasteiger partial charge in [-0.25, -0.2) is 4.98 Å². The Morgan fingerprint density at radius 2 is 2.26 bits per heavy atom. The van der Waals surface area contributed by atoms with E-state index in [9.17, 15) is 0 Å². The molecular formula is C12H10N4OS2. The number of pyridine rings is 1. The Bertz CT molecular complexity index is 649. The predicted molar refractivity (Wildman–Crippen MR) is 75.8 cm³/mol. The molecule has 96 valence electrons. The van der Waals surface area contributed by atoms with Gasteiger partial charge in [0.05, 0.1) is 28.2 Å². The molecule has 0 spiro atoms. The summed E-state index contributed by atoms with van der Waals surface area (Å²) in [6.07, 6.45) is 1.63. The summed E-state index contributed by atoms with van der Waals surface area (Å²) in [4.78, 5) is 8.54. The van der Waals surface area contributed by atoms with Gasteiger partial charge in [-0.1, -0.05) is 16.9 Å². The lowest BCUT2D eigenvalue weighted by Crippen LogP contribution is -1.88. The van der Waals surface area contributed by atoms with Gasteiger partial charge in [0.25, 0.3) is 5.89 Å². The van der Waals surface area contributed by atoms with Crippen LogP contribution in [0.2, 0.25) is 0 Å². The fourth-order valence-corrected chi connectivity index (χ4v) is 2.75. The molecule has 3 aromatic rings. The topological polar surface area (TPSA) is 77.8 Å². The Balaban J connectivity index is 1.66. The van der Waals surface area contributed by atoms with Gasteiger partial charge in [-0.3, -0.25) is 0 Å². The zero-order chi connectivity index (χ0) is 13.1. The van der Waals surface area contributed by atoms with Crippen LogP contribution in [0.5, 0.6) is 0 Å². The number of nitrogens with zero attached hydrogens (tertiary/aromatic N) is 3. The third-order valence-electron chi connectivity index (χ3n) is 2.34. The second-order valence-corrected chi connectivity index (χ2v) is 5.52. The van der Waals surface area contributed by atoms with Gasteiger partial charge in [-0.15, -0.1) is 0 Å². The van der Waals surface area contributed by atoms with Crippen LogP contribution in [0.25, 0.3) is 11.5 Å². The zero-order valence-electron chi connectivity index (χ0n) is 9.81. The highest BCUT2D eigenvalue weighted by Gasteiger charge is 2.09. The number of nitrogen functional groups attached to an aromatic ring is 1. The van der Waals surface area contributed by atoms with E-state index in [0.29, 0.717) is 23.2 Å². The quantitative estimate of drug-likeness (QED) is 0.744. The monoisotopic (exact) mass is 290 g/mol. The third kappa shape index (κ3) is 2.94. The van der Waals surface area contributed by atoms with E-state index >= 15 is 0 Å². The van der Waals surface area contributed by atoms with Crippen molar-refractivity contribution < 1.29 is 4.52 Å². The highest BCUT2D eigenvalue weighted by molar-refractivity contribution is 7.98. The van der Waals surface area contributed by atoms with Gasteiger partial charge in [-0.05, 0) is 23.6 Å². The van der Waals surface area contributed by atoms with Crippen molar-refractivity contribution in [1.29, 1.82) is 0 Å². The number of aromatic nitrogens is 3. The first-order valence-electron chi connectivity index (χ1n) is 5.51. The Hall–Kier alpha value is -1.86. The molecule has 0 amide bonds. The van der Waals surface area contributed by atoms with Crippen molar-refractivity contribution in [1.82, 2.24) is 15.1 Å². The van der Waals surface area contributed by atoms with Crippen LogP contribution < -0.4 is 5.73 Å². The normalized spacial score (nSPS) is 10.7. The molecule has 5 nitrogen and oxygen atoms in total. The SMILES string of the molecule is Nc1ccc(SCc2noc(-c3ccsc3)n2)nc1. The maximum atomic E-state index is 5.58. The number of rotatable bonds is 4. The number of nitrogens with two attached hydrogens (primary N) is 1. The van der Waals surface area contributed by atoms with Crippen molar-refractivity contribution in [2.45, 2.75) is 10.8 Å². The molecule has 0 aromatic carbocycles. The first-order valence-corrected chi connectivity index (χ1v) is 7.43. The highest BCUT2D eigenvalue weighted by Crippen LogP contribution is 2.23. The van der Waals surface area contributed by atoms with Gasteiger partial charge < -0.3 is 10.3 Å². The molecule has 7 heteroatoms. The molecule has 0 fully saturated rings. The molecule has 2 N–H and O–H groups in total. The average Bonchev–Trinajstić information content (AvgIpc) is 3.09. The van der Waals surface area contributed by atoms with E-state index in [2.05, 4.69) is 15.1 Å². The molecular weight excluding hydrogens is 280 g/mol. The van der Waals surface area contributed by atoms with E-state index in [-0.39, 0.29) is 0 Å². The summed E-state index contributed by atoms with van der Waals surface area (Å²) in [5, 5.41) is 8.79. The van der Waals surface area contributed by atoms with Crippen molar-refractivity contribution in [3.05, 3.63) is 41.0 Å². The Morgan fingerprint density at radius 1 is 1.32 bits per heavy atom. The van der Waals surface area contributed by atoms with Gasteiger partial charge in [0.1, 0.15) is 0 Å². The summed E-state index contributed by atoms with van der Waals surface area (Å²) in [6, 6.07) is 5.65. The van der Waals surface area contributed by atoms with Gasteiger partial charge in [0, 0.05) is 5.38 Å². The maximum Gasteiger partial charge on any atom is 0.258 e. The fraction of sp³-hybridized carbons (Fsp3) is 0.0833. The summed E-state index contributed by atoms with van der Waals surface area (Å²) >= 11 is 3.14. The molecule has 0 aliphatic rings. The van der Waals surface area contributed by atoms with E-state index in [1.807, 2.05) is 29.0 Å². The lowest BCUT2D eigenvalue weighted by atomic mass is 10.3. The molecule has 0 unspecified atom stereocenters.